The maximum absolute atomic E-state index is 11.7. The van der Waals surface area contributed by atoms with Crippen LogP contribution in [0.1, 0.15) is 20.3 Å². The number of carbonyl (C=O) groups excluding carboxylic acids is 1. The van der Waals surface area contributed by atoms with Gasteiger partial charge in [-0.05, 0) is 33.4 Å². The number of likely N-dealkylation sites (N-methyl/N-ethyl adjacent to an activating group) is 1. The van der Waals surface area contributed by atoms with Crippen LogP contribution in [0.4, 0.5) is 0 Å². The van der Waals surface area contributed by atoms with E-state index in [9.17, 15) is 4.79 Å². The highest BCUT2D eigenvalue weighted by Gasteiger charge is 2.30. The quantitative estimate of drug-likeness (QED) is 0.634. The average Bonchev–Trinajstić information content (AvgIpc) is 2.31. The molecule has 2 unspecified atom stereocenters. The van der Waals surface area contributed by atoms with Crippen LogP contribution in [0.3, 0.4) is 0 Å². The van der Waals surface area contributed by atoms with Crippen molar-refractivity contribution in [3.63, 3.8) is 0 Å². The molecule has 0 N–H and O–H groups in total. The van der Waals surface area contributed by atoms with Crippen molar-refractivity contribution in [2.45, 2.75) is 26.3 Å². The first-order valence-corrected chi connectivity index (χ1v) is 4.96. The van der Waals surface area contributed by atoms with E-state index in [1.165, 1.54) is 0 Å². The number of rotatable bonds is 2. The van der Waals surface area contributed by atoms with Crippen LogP contribution in [0.2, 0.25) is 0 Å². The first-order valence-electron chi connectivity index (χ1n) is 4.96. The smallest absolute Gasteiger partial charge is 0.236 e. The first-order chi connectivity index (χ1) is 6.02. The number of amides is 1. The first kappa shape index (κ1) is 10.5. The Bertz CT molecular complexity index is 191. The Morgan fingerprint density at radius 3 is 2.46 bits per heavy atom. The van der Waals surface area contributed by atoms with Crippen molar-refractivity contribution in [3.05, 3.63) is 0 Å². The molecule has 1 heterocycles. The molecule has 13 heavy (non-hydrogen) atoms. The summed E-state index contributed by atoms with van der Waals surface area (Å²) in [6.07, 6.45) is 1.15. The van der Waals surface area contributed by atoms with Gasteiger partial charge in [0, 0.05) is 12.6 Å². The Labute approximate surface area is 80.7 Å². The molecule has 0 bridgehead atoms. The molecule has 0 aromatic carbocycles. The lowest BCUT2D eigenvalue weighted by Gasteiger charge is -2.24. The number of carbonyl (C=O) groups is 1. The molecule has 0 aromatic rings. The summed E-state index contributed by atoms with van der Waals surface area (Å²) in [6.45, 7) is 5.84. The van der Waals surface area contributed by atoms with Crippen LogP contribution in [-0.4, -0.2) is 48.9 Å². The summed E-state index contributed by atoms with van der Waals surface area (Å²) in [6, 6.07) is 0.424. The van der Waals surface area contributed by atoms with Crippen LogP contribution in [0.5, 0.6) is 0 Å². The second-order valence-electron chi connectivity index (χ2n) is 4.33. The van der Waals surface area contributed by atoms with Crippen LogP contribution >= 0.6 is 0 Å². The van der Waals surface area contributed by atoms with Gasteiger partial charge in [0.1, 0.15) is 0 Å². The van der Waals surface area contributed by atoms with E-state index in [4.69, 9.17) is 0 Å². The van der Waals surface area contributed by atoms with E-state index < -0.39 is 0 Å². The molecule has 0 aliphatic carbocycles. The molecule has 1 saturated heterocycles. The van der Waals surface area contributed by atoms with E-state index >= 15 is 0 Å². The van der Waals surface area contributed by atoms with Crippen molar-refractivity contribution in [1.82, 2.24) is 9.80 Å². The largest absolute Gasteiger partial charge is 0.339 e. The minimum Gasteiger partial charge on any atom is -0.339 e. The molecular weight excluding hydrogens is 164 g/mol. The summed E-state index contributed by atoms with van der Waals surface area (Å²) in [5.41, 5.74) is 0. The second-order valence-corrected chi connectivity index (χ2v) is 4.33. The third-order valence-electron chi connectivity index (χ3n) is 2.91. The molecule has 3 heteroatoms. The van der Waals surface area contributed by atoms with Gasteiger partial charge in [-0.1, -0.05) is 6.92 Å². The molecule has 1 fully saturated rings. The third-order valence-corrected chi connectivity index (χ3v) is 2.91. The Morgan fingerprint density at radius 2 is 2.08 bits per heavy atom. The fourth-order valence-electron chi connectivity index (χ4n) is 1.81. The van der Waals surface area contributed by atoms with Gasteiger partial charge in [-0.15, -0.1) is 0 Å². The molecule has 2 atom stereocenters. The van der Waals surface area contributed by atoms with Gasteiger partial charge in [0.25, 0.3) is 0 Å². The monoisotopic (exact) mass is 184 g/mol. The zero-order valence-electron chi connectivity index (χ0n) is 9.08. The van der Waals surface area contributed by atoms with Crippen LogP contribution in [0.15, 0.2) is 0 Å². The second kappa shape index (κ2) is 4.09. The van der Waals surface area contributed by atoms with E-state index in [1.807, 2.05) is 23.9 Å². The van der Waals surface area contributed by atoms with Gasteiger partial charge in [0.2, 0.25) is 5.91 Å². The molecule has 1 rings (SSSR count). The van der Waals surface area contributed by atoms with Crippen molar-refractivity contribution in [1.29, 1.82) is 0 Å². The Balaban J connectivity index is 2.48. The number of hydrogen-bond acceptors (Lipinski definition) is 2. The van der Waals surface area contributed by atoms with Gasteiger partial charge in [0.05, 0.1) is 6.54 Å². The van der Waals surface area contributed by atoms with Crippen LogP contribution in [0.25, 0.3) is 0 Å². The third kappa shape index (κ3) is 2.44. The van der Waals surface area contributed by atoms with Gasteiger partial charge in [-0.2, -0.15) is 0 Å². The maximum Gasteiger partial charge on any atom is 0.236 e. The fourth-order valence-corrected chi connectivity index (χ4v) is 1.81. The molecular formula is C10H20N2O. The van der Waals surface area contributed by atoms with Gasteiger partial charge in [-0.25, -0.2) is 0 Å². The minimum absolute atomic E-state index is 0.266. The number of likely N-dealkylation sites (tertiary alicyclic amines) is 1. The topological polar surface area (TPSA) is 23.6 Å². The molecule has 0 spiro atoms. The molecule has 0 aromatic heterocycles. The fraction of sp³-hybridized carbons (Fsp3) is 0.900. The van der Waals surface area contributed by atoms with Crippen molar-refractivity contribution < 1.29 is 4.79 Å². The highest BCUT2D eigenvalue weighted by Crippen LogP contribution is 2.23. The zero-order chi connectivity index (χ0) is 10.0. The van der Waals surface area contributed by atoms with Crippen molar-refractivity contribution >= 4 is 5.91 Å². The van der Waals surface area contributed by atoms with Gasteiger partial charge < -0.3 is 9.80 Å². The lowest BCUT2D eigenvalue weighted by molar-refractivity contribution is -0.132. The Morgan fingerprint density at radius 1 is 1.46 bits per heavy atom. The van der Waals surface area contributed by atoms with Crippen LogP contribution in [0, 0.1) is 5.92 Å². The summed E-state index contributed by atoms with van der Waals surface area (Å²) in [5.74, 6) is 0.924. The van der Waals surface area contributed by atoms with Crippen molar-refractivity contribution in [2.75, 3.05) is 27.2 Å². The summed E-state index contributed by atoms with van der Waals surface area (Å²) < 4.78 is 0. The highest BCUT2D eigenvalue weighted by molar-refractivity contribution is 5.78. The molecule has 1 aliphatic rings. The lowest BCUT2D eigenvalue weighted by Crippen LogP contribution is -2.40. The number of nitrogens with zero attached hydrogens (tertiary/aromatic N) is 2. The standard InChI is InChI=1S/C10H20N2O/c1-8-5-6-12(9(8)2)10(13)7-11(3)4/h8-9H,5-7H2,1-4H3. The van der Waals surface area contributed by atoms with E-state index in [2.05, 4.69) is 13.8 Å². The van der Waals surface area contributed by atoms with Gasteiger partial charge in [0.15, 0.2) is 0 Å². The molecule has 3 nitrogen and oxygen atoms in total. The van der Waals surface area contributed by atoms with Crippen molar-refractivity contribution in [3.8, 4) is 0 Å². The summed E-state index contributed by atoms with van der Waals surface area (Å²) >= 11 is 0. The minimum atomic E-state index is 0.266. The normalized spacial score (nSPS) is 28.5. The van der Waals surface area contributed by atoms with Crippen LogP contribution < -0.4 is 0 Å². The lowest BCUT2D eigenvalue weighted by atomic mass is 10.1. The predicted octanol–water partition coefficient (Wildman–Crippen LogP) is 0.805. The van der Waals surface area contributed by atoms with Crippen LogP contribution in [-0.2, 0) is 4.79 Å². The van der Waals surface area contributed by atoms with E-state index in [-0.39, 0.29) is 5.91 Å². The van der Waals surface area contributed by atoms with E-state index in [0.717, 1.165) is 13.0 Å². The molecule has 76 valence electrons. The summed E-state index contributed by atoms with van der Waals surface area (Å²) in [7, 11) is 3.87. The Hall–Kier alpha value is -0.570. The van der Waals surface area contributed by atoms with E-state index in [1.54, 1.807) is 0 Å². The Kier molecular flexibility index (Phi) is 3.31. The van der Waals surface area contributed by atoms with E-state index in [0.29, 0.717) is 18.5 Å². The molecule has 1 aliphatic heterocycles. The molecule has 1 amide bonds. The molecule has 0 saturated carbocycles. The zero-order valence-corrected chi connectivity index (χ0v) is 9.08. The van der Waals surface area contributed by atoms with Gasteiger partial charge in [-0.3, -0.25) is 4.79 Å². The van der Waals surface area contributed by atoms with Crippen molar-refractivity contribution in [2.24, 2.45) is 5.92 Å². The highest BCUT2D eigenvalue weighted by atomic mass is 16.2. The summed E-state index contributed by atoms with van der Waals surface area (Å²) in [4.78, 5) is 15.6. The molecule has 0 radical (unpaired) electrons. The predicted molar refractivity (Wildman–Crippen MR) is 53.5 cm³/mol. The summed E-state index contributed by atoms with van der Waals surface area (Å²) in [5, 5.41) is 0. The SMILES string of the molecule is CC1CCN(C(=O)CN(C)C)C1C. The average molecular weight is 184 g/mol. The maximum atomic E-state index is 11.7. The number of hydrogen-bond donors (Lipinski definition) is 0. The van der Waals surface area contributed by atoms with Gasteiger partial charge >= 0.3 is 0 Å².